The van der Waals surface area contributed by atoms with E-state index < -0.39 is 0 Å². The summed E-state index contributed by atoms with van der Waals surface area (Å²) in [6.07, 6.45) is 3.31. The molecule has 0 radical (unpaired) electrons. The average molecular weight is 313 g/mol. The van der Waals surface area contributed by atoms with E-state index in [0.29, 0.717) is 0 Å². The van der Waals surface area contributed by atoms with Crippen molar-refractivity contribution in [3.05, 3.63) is 29.3 Å². The minimum atomic E-state index is 0.127. The highest BCUT2D eigenvalue weighted by molar-refractivity contribution is 9.09. The molecule has 3 heteroatoms. The number of rotatable bonds is 6. The summed E-state index contributed by atoms with van der Waals surface area (Å²) in [4.78, 5) is 0. The van der Waals surface area contributed by atoms with Crippen molar-refractivity contribution in [2.45, 2.75) is 33.3 Å². The quantitative estimate of drug-likeness (QED) is 0.711. The maximum atomic E-state index is 5.87. The number of para-hydroxylation sites is 1. The molecule has 0 N–H and O–H groups in total. The van der Waals surface area contributed by atoms with Crippen LogP contribution in [0.1, 0.15) is 32.8 Å². The van der Waals surface area contributed by atoms with Gasteiger partial charge in [-0.1, -0.05) is 46.6 Å². The van der Waals surface area contributed by atoms with E-state index in [1.165, 1.54) is 5.57 Å². The first-order chi connectivity index (χ1) is 8.62. The van der Waals surface area contributed by atoms with Gasteiger partial charge in [0.25, 0.3) is 0 Å². The number of ether oxygens (including phenoxy) is 2. The molecule has 0 fully saturated rings. The highest BCUT2D eigenvalue weighted by Gasteiger charge is 2.11. The molecule has 1 aromatic rings. The summed E-state index contributed by atoms with van der Waals surface area (Å²) < 4.78 is 11.2. The number of halogens is 1. The summed E-state index contributed by atoms with van der Waals surface area (Å²) in [5, 5.41) is 0.877. The molecule has 0 unspecified atom stereocenters. The molecule has 0 aliphatic carbocycles. The predicted octanol–water partition coefficient (Wildman–Crippen LogP) is 4.67. The Morgan fingerprint density at radius 1 is 1.39 bits per heavy atom. The Morgan fingerprint density at radius 3 is 2.61 bits per heavy atom. The van der Waals surface area contributed by atoms with Gasteiger partial charge in [0, 0.05) is 10.9 Å². The van der Waals surface area contributed by atoms with E-state index in [1.807, 2.05) is 26.0 Å². The van der Waals surface area contributed by atoms with Crippen molar-refractivity contribution < 1.29 is 9.47 Å². The van der Waals surface area contributed by atoms with Crippen molar-refractivity contribution in [2.75, 3.05) is 12.4 Å². The molecule has 0 amide bonds. The maximum Gasteiger partial charge on any atom is 0.168 e. The van der Waals surface area contributed by atoms with E-state index in [-0.39, 0.29) is 6.10 Å². The second-order valence-electron chi connectivity index (χ2n) is 4.34. The second kappa shape index (κ2) is 7.47. The molecule has 0 aromatic heterocycles. The number of hydrogen-bond donors (Lipinski definition) is 0. The van der Waals surface area contributed by atoms with E-state index >= 15 is 0 Å². The first-order valence-corrected chi connectivity index (χ1v) is 7.33. The van der Waals surface area contributed by atoms with Crippen LogP contribution in [0.5, 0.6) is 11.5 Å². The fourth-order valence-corrected chi connectivity index (χ4v) is 2.18. The van der Waals surface area contributed by atoms with Gasteiger partial charge in [-0.05, 0) is 26.3 Å². The highest BCUT2D eigenvalue weighted by Crippen LogP contribution is 2.33. The Morgan fingerprint density at radius 2 is 2.11 bits per heavy atom. The number of hydrogen-bond acceptors (Lipinski definition) is 2. The molecule has 0 saturated carbocycles. The largest absolute Gasteiger partial charge is 0.493 e. The van der Waals surface area contributed by atoms with Crippen molar-refractivity contribution in [3.8, 4) is 11.5 Å². The normalized spacial score (nSPS) is 11.8. The SMILES string of the molecule is CCC(=Cc1cccc(OC)c1OC(C)C)CBr. The lowest BCUT2D eigenvalue weighted by Crippen LogP contribution is -2.08. The van der Waals surface area contributed by atoms with Gasteiger partial charge in [0.2, 0.25) is 0 Å². The smallest absolute Gasteiger partial charge is 0.168 e. The van der Waals surface area contributed by atoms with Gasteiger partial charge in [-0.2, -0.15) is 0 Å². The molecule has 0 bridgehead atoms. The molecule has 2 nitrogen and oxygen atoms in total. The van der Waals surface area contributed by atoms with Crippen LogP contribution < -0.4 is 9.47 Å². The van der Waals surface area contributed by atoms with E-state index in [0.717, 1.165) is 28.8 Å². The van der Waals surface area contributed by atoms with E-state index in [2.05, 4.69) is 35.0 Å². The van der Waals surface area contributed by atoms with Crippen LogP contribution in [0, 0.1) is 0 Å². The fourth-order valence-electron chi connectivity index (χ4n) is 1.62. The van der Waals surface area contributed by atoms with Crippen LogP contribution in [0.15, 0.2) is 23.8 Å². The van der Waals surface area contributed by atoms with Crippen LogP contribution in [0.25, 0.3) is 6.08 Å². The molecule has 0 aliphatic rings. The fraction of sp³-hybridized carbons (Fsp3) is 0.467. The van der Waals surface area contributed by atoms with Crippen molar-refractivity contribution >= 4 is 22.0 Å². The van der Waals surface area contributed by atoms with Gasteiger partial charge in [0.05, 0.1) is 13.2 Å². The monoisotopic (exact) mass is 312 g/mol. The Hall–Kier alpha value is -0.960. The van der Waals surface area contributed by atoms with Crippen LogP contribution in [-0.2, 0) is 0 Å². The Balaban J connectivity index is 3.21. The van der Waals surface area contributed by atoms with Crippen molar-refractivity contribution in [2.24, 2.45) is 0 Å². The highest BCUT2D eigenvalue weighted by atomic mass is 79.9. The molecular formula is C15H21BrO2. The van der Waals surface area contributed by atoms with Crippen molar-refractivity contribution in [1.29, 1.82) is 0 Å². The summed E-state index contributed by atoms with van der Waals surface area (Å²) in [5.74, 6) is 1.60. The van der Waals surface area contributed by atoms with Gasteiger partial charge in [-0.3, -0.25) is 0 Å². The van der Waals surface area contributed by atoms with Crippen LogP contribution in [0.2, 0.25) is 0 Å². The standard InChI is InChI=1S/C15H21BrO2/c1-5-12(10-16)9-13-7-6-8-14(17-4)15(13)18-11(2)3/h6-9,11H,5,10H2,1-4H3. The molecule has 0 spiro atoms. The van der Waals surface area contributed by atoms with E-state index in [9.17, 15) is 0 Å². The third-order valence-corrected chi connectivity index (χ3v) is 3.29. The van der Waals surface area contributed by atoms with Gasteiger partial charge in [-0.15, -0.1) is 0 Å². The maximum absolute atomic E-state index is 5.87. The first kappa shape index (κ1) is 15.1. The van der Waals surface area contributed by atoms with Crippen molar-refractivity contribution in [1.82, 2.24) is 0 Å². The van der Waals surface area contributed by atoms with Crippen molar-refractivity contribution in [3.63, 3.8) is 0 Å². The third-order valence-electron chi connectivity index (χ3n) is 2.57. The topological polar surface area (TPSA) is 18.5 Å². The second-order valence-corrected chi connectivity index (χ2v) is 4.90. The van der Waals surface area contributed by atoms with E-state index in [1.54, 1.807) is 7.11 Å². The Bertz CT molecular complexity index is 405. The van der Waals surface area contributed by atoms with Crippen LogP contribution in [0.4, 0.5) is 0 Å². The molecule has 0 aliphatic heterocycles. The Kier molecular flexibility index (Phi) is 6.27. The van der Waals surface area contributed by atoms with Crippen LogP contribution >= 0.6 is 15.9 Å². The summed E-state index contributed by atoms with van der Waals surface area (Å²) >= 11 is 3.50. The number of allylic oxidation sites excluding steroid dienone is 1. The molecule has 100 valence electrons. The van der Waals surface area contributed by atoms with E-state index in [4.69, 9.17) is 9.47 Å². The minimum absolute atomic E-state index is 0.127. The summed E-state index contributed by atoms with van der Waals surface area (Å²) in [5.41, 5.74) is 2.40. The Labute approximate surface area is 118 Å². The summed E-state index contributed by atoms with van der Waals surface area (Å²) in [6, 6.07) is 5.97. The third kappa shape index (κ3) is 4.05. The first-order valence-electron chi connectivity index (χ1n) is 6.21. The molecule has 1 aromatic carbocycles. The summed E-state index contributed by atoms with van der Waals surface area (Å²) in [6.45, 7) is 6.19. The average Bonchev–Trinajstić information content (AvgIpc) is 2.36. The van der Waals surface area contributed by atoms with Gasteiger partial charge in [-0.25, -0.2) is 0 Å². The number of benzene rings is 1. The lowest BCUT2D eigenvalue weighted by molar-refractivity contribution is 0.229. The van der Waals surface area contributed by atoms with Gasteiger partial charge in [0.1, 0.15) is 0 Å². The summed E-state index contributed by atoms with van der Waals surface area (Å²) in [7, 11) is 1.67. The zero-order valence-electron chi connectivity index (χ0n) is 11.5. The van der Waals surface area contributed by atoms with Gasteiger partial charge in [0.15, 0.2) is 11.5 Å². The van der Waals surface area contributed by atoms with Gasteiger partial charge >= 0.3 is 0 Å². The molecule has 0 heterocycles. The molecule has 0 saturated heterocycles. The molecular weight excluding hydrogens is 292 g/mol. The molecule has 18 heavy (non-hydrogen) atoms. The number of methoxy groups -OCH3 is 1. The molecule has 0 atom stereocenters. The predicted molar refractivity (Wildman–Crippen MR) is 80.8 cm³/mol. The minimum Gasteiger partial charge on any atom is -0.493 e. The number of alkyl halides is 1. The lowest BCUT2D eigenvalue weighted by Gasteiger charge is -2.16. The zero-order valence-corrected chi connectivity index (χ0v) is 13.1. The zero-order chi connectivity index (χ0) is 13.5. The molecule has 1 rings (SSSR count). The van der Waals surface area contributed by atoms with Gasteiger partial charge < -0.3 is 9.47 Å². The van der Waals surface area contributed by atoms with Crippen LogP contribution in [0.3, 0.4) is 0 Å². The van der Waals surface area contributed by atoms with Crippen LogP contribution in [-0.4, -0.2) is 18.5 Å². The lowest BCUT2D eigenvalue weighted by atomic mass is 10.1.